The third kappa shape index (κ3) is 5.44. The molecule has 0 saturated carbocycles. The number of nitrogens with zero attached hydrogens (tertiary/aromatic N) is 6. The van der Waals surface area contributed by atoms with Gasteiger partial charge in [0.1, 0.15) is 17.6 Å². The van der Waals surface area contributed by atoms with Crippen molar-refractivity contribution >= 4 is 17.0 Å². The van der Waals surface area contributed by atoms with Gasteiger partial charge >= 0.3 is 6.18 Å². The molecule has 0 aliphatic carbocycles. The number of hydrogen-bond donors (Lipinski definition) is 2. The zero-order chi connectivity index (χ0) is 28.3. The highest BCUT2D eigenvalue weighted by Crippen LogP contribution is 2.39. The Labute approximate surface area is 227 Å². The van der Waals surface area contributed by atoms with Crippen LogP contribution < -0.4 is 10.5 Å². The fourth-order valence-corrected chi connectivity index (χ4v) is 4.92. The minimum absolute atomic E-state index is 0.000435. The first-order valence-electron chi connectivity index (χ1n) is 12.8. The van der Waals surface area contributed by atoms with Gasteiger partial charge in [0.2, 0.25) is 17.7 Å². The average Bonchev–Trinajstić information content (AvgIpc) is 3.69. The summed E-state index contributed by atoms with van der Waals surface area (Å²) in [5.74, 6) is 0.612. The van der Waals surface area contributed by atoms with E-state index in [9.17, 15) is 13.2 Å². The van der Waals surface area contributed by atoms with Gasteiger partial charge in [-0.25, -0.2) is 4.98 Å². The highest BCUT2D eigenvalue weighted by molar-refractivity contribution is 5.78. The molecule has 0 spiro atoms. The van der Waals surface area contributed by atoms with E-state index in [1.807, 2.05) is 28.8 Å². The van der Waals surface area contributed by atoms with Crippen molar-refractivity contribution in [1.82, 2.24) is 24.6 Å². The number of likely N-dealkylation sites (tertiary alicyclic amines) is 1. The fourth-order valence-electron chi connectivity index (χ4n) is 4.92. The maximum Gasteiger partial charge on any atom is 0.419 e. The number of fused-ring (bicyclic) bond motifs is 1. The van der Waals surface area contributed by atoms with Crippen LogP contribution in [0.5, 0.6) is 5.75 Å². The largest absolute Gasteiger partial charge is 0.493 e. The van der Waals surface area contributed by atoms with Crippen molar-refractivity contribution < 1.29 is 27.6 Å². The summed E-state index contributed by atoms with van der Waals surface area (Å²) in [4.78, 5) is 10.6. The van der Waals surface area contributed by atoms with E-state index in [0.29, 0.717) is 32.4 Å². The Morgan fingerprint density at radius 3 is 2.85 bits per heavy atom. The minimum atomic E-state index is -4.66. The zero-order valence-corrected chi connectivity index (χ0v) is 21.5. The molecule has 3 heterocycles. The Morgan fingerprint density at radius 1 is 1.25 bits per heavy atom. The molecule has 4 aromatic rings. The number of oxime groups is 1. The second-order valence-electron chi connectivity index (χ2n) is 9.34. The highest BCUT2D eigenvalue weighted by atomic mass is 19.4. The molecule has 2 aromatic carbocycles. The number of para-hydroxylation sites is 2. The number of guanidine groups is 1. The molecule has 0 amide bonds. The topological polar surface area (TPSA) is 128 Å². The molecule has 1 saturated heterocycles. The summed E-state index contributed by atoms with van der Waals surface area (Å²) in [5.41, 5.74) is 6.74. The van der Waals surface area contributed by atoms with Gasteiger partial charge in [-0.15, -0.1) is 6.58 Å². The number of hydrogen-bond acceptors (Lipinski definition) is 7. The highest BCUT2D eigenvalue weighted by Gasteiger charge is 2.36. The second-order valence-corrected chi connectivity index (χ2v) is 9.34. The van der Waals surface area contributed by atoms with Crippen molar-refractivity contribution in [3.63, 3.8) is 0 Å². The second kappa shape index (κ2) is 11.3. The maximum atomic E-state index is 14.0. The average molecular weight is 556 g/mol. The van der Waals surface area contributed by atoms with E-state index in [1.54, 1.807) is 11.0 Å². The van der Waals surface area contributed by atoms with Crippen LogP contribution >= 0.6 is 0 Å². The van der Waals surface area contributed by atoms with Crippen molar-refractivity contribution in [2.45, 2.75) is 44.4 Å². The molecular formula is C27H28F3N7O3. The van der Waals surface area contributed by atoms with Crippen molar-refractivity contribution in [2.24, 2.45) is 10.9 Å². The molecule has 1 atom stereocenters. The van der Waals surface area contributed by atoms with E-state index in [2.05, 4.69) is 26.9 Å². The molecule has 0 bridgehead atoms. The van der Waals surface area contributed by atoms with Crippen LogP contribution in [-0.2, 0) is 19.1 Å². The van der Waals surface area contributed by atoms with Crippen molar-refractivity contribution in [2.75, 3.05) is 13.2 Å². The molecule has 0 radical (unpaired) electrons. The Bertz CT molecular complexity index is 1530. The number of imidazole rings is 1. The molecule has 1 aliphatic rings. The Balaban J connectivity index is 1.30. The Kier molecular flexibility index (Phi) is 7.63. The molecule has 10 nitrogen and oxygen atoms in total. The van der Waals surface area contributed by atoms with Gasteiger partial charge in [-0.2, -0.15) is 18.2 Å². The smallest absolute Gasteiger partial charge is 0.419 e. The quantitative estimate of drug-likeness (QED) is 0.0726. The van der Waals surface area contributed by atoms with E-state index in [0.717, 1.165) is 29.3 Å². The molecule has 210 valence electrons. The molecule has 0 unspecified atom stereocenters. The molecule has 40 heavy (non-hydrogen) atoms. The first-order chi connectivity index (χ1) is 19.3. The predicted octanol–water partition coefficient (Wildman–Crippen LogP) is 5.14. The van der Waals surface area contributed by atoms with Crippen LogP contribution in [0, 0.1) is 0 Å². The van der Waals surface area contributed by atoms with E-state index in [4.69, 9.17) is 20.2 Å². The first-order valence-corrected chi connectivity index (χ1v) is 12.8. The van der Waals surface area contributed by atoms with Gasteiger partial charge in [0.25, 0.3) is 0 Å². The van der Waals surface area contributed by atoms with Gasteiger partial charge in [-0.05, 0) is 49.6 Å². The number of halogens is 3. The first kappa shape index (κ1) is 27.0. The molecule has 13 heteroatoms. The number of aryl methyl sites for hydroxylation is 1. The van der Waals surface area contributed by atoms with Gasteiger partial charge < -0.3 is 29.7 Å². The van der Waals surface area contributed by atoms with Crippen molar-refractivity contribution in [3.8, 4) is 17.1 Å². The third-order valence-electron chi connectivity index (χ3n) is 6.77. The lowest BCUT2D eigenvalue weighted by Crippen LogP contribution is -2.36. The van der Waals surface area contributed by atoms with Crippen LogP contribution in [0.15, 0.2) is 64.8 Å². The lowest BCUT2D eigenvalue weighted by Gasteiger charge is -2.21. The van der Waals surface area contributed by atoms with Crippen LogP contribution in [0.25, 0.3) is 22.4 Å². The molecule has 2 aromatic heterocycles. The fraction of sp³-hybridized carbons (Fsp3) is 0.333. The minimum Gasteiger partial charge on any atom is -0.493 e. The number of rotatable bonds is 9. The van der Waals surface area contributed by atoms with E-state index >= 15 is 0 Å². The lowest BCUT2D eigenvalue weighted by atomic mass is 10.1. The third-order valence-corrected chi connectivity index (χ3v) is 6.77. The number of aromatic nitrogens is 4. The van der Waals surface area contributed by atoms with Crippen LogP contribution in [-0.4, -0.2) is 48.9 Å². The van der Waals surface area contributed by atoms with Gasteiger partial charge in [0.05, 0.1) is 23.2 Å². The van der Waals surface area contributed by atoms with E-state index < -0.39 is 17.8 Å². The number of benzene rings is 2. The zero-order valence-electron chi connectivity index (χ0n) is 21.5. The van der Waals surface area contributed by atoms with Crippen LogP contribution in [0.3, 0.4) is 0 Å². The van der Waals surface area contributed by atoms with Crippen LogP contribution in [0.2, 0.25) is 0 Å². The van der Waals surface area contributed by atoms with Gasteiger partial charge in [-0.3, -0.25) is 0 Å². The summed E-state index contributed by atoms with van der Waals surface area (Å²) in [6, 6.07) is 11.0. The van der Waals surface area contributed by atoms with E-state index in [-0.39, 0.29) is 35.6 Å². The Morgan fingerprint density at radius 2 is 2.08 bits per heavy atom. The van der Waals surface area contributed by atoms with Crippen LogP contribution in [0.1, 0.15) is 42.6 Å². The normalized spacial score (nSPS) is 16.1. The summed E-state index contributed by atoms with van der Waals surface area (Å²) in [6.45, 7) is 4.97. The molecule has 5 rings (SSSR count). The molecule has 1 aliphatic heterocycles. The monoisotopic (exact) mass is 555 g/mol. The molecule has 1 fully saturated rings. The SMILES string of the molecule is C=CCn1c(CCCOc2ccc(-c3noc([C@@H]4CCCN4/C(N)=N/O)n3)cc2C(F)(F)F)nc2ccccc21. The summed E-state index contributed by atoms with van der Waals surface area (Å²) >= 11 is 0. The van der Waals surface area contributed by atoms with Gasteiger partial charge in [0.15, 0.2) is 0 Å². The lowest BCUT2D eigenvalue weighted by molar-refractivity contribution is -0.138. The summed E-state index contributed by atoms with van der Waals surface area (Å²) in [5, 5.41) is 15.9. The van der Waals surface area contributed by atoms with E-state index in [1.165, 1.54) is 12.1 Å². The van der Waals surface area contributed by atoms with Crippen LogP contribution in [0.4, 0.5) is 13.2 Å². The number of nitrogens with two attached hydrogens (primary N) is 1. The number of alkyl halides is 3. The summed E-state index contributed by atoms with van der Waals surface area (Å²) in [6.07, 6.45) is -0.536. The van der Waals surface area contributed by atoms with Crippen molar-refractivity contribution in [1.29, 1.82) is 0 Å². The summed E-state index contributed by atoms with van der Waals surface area (Å²) in [7, 11) is 0. The van der Waals surface area contributed by atoms with Gasteiger partial charge in [0, 0.05) is 25.1 Å². The standard InChI is InChI=1S/C27H28F3N7O3/c1-2-13-36-20-8-4-3-7-19(20)32-23(36)10-6-15-39-22-12-11-17(16-18(22)27(28,29)30)24-33-25(40-35-24)21-9-5-14-37(21)26(31)34-38/h2-4,7-8,11-12,16,21,38H,1,5-6,9-10,13-15H2,(H2,31,34)/t21-/m0/s1. The molecular weight excluding hydrogens is 527 g/mol. The Hall–Kier alpha value is -4.55. The molecule has 3 N–H and O–H groups in total. The maximum absolute atomic E-state index is 14.0. The van der Waals surface area contributed by atoms with Gasteiger partial charge in [-0.1, -0.05) is 28.5 Å². The number of allylic oxidation sites excluding steroid dienone is 1. The summed E-state index contributed by atoms with van der Waals surface area (Å²) < 4.78 is 54.9. The van der Waals surface area contributed by atoms with Crippen molar-refractivity contribution in [3.05, 3.63) is 72.4 Å². The predicted molar refractivity (Wildman–Crippen MR) is 141 cm³/mol. The number of ether oxygens (including phenoxy) is 1.